The average Bonchev–Trinajstić information content (AvgIpc) is 2.69. The van der Waals surface area contributed by atoms with Gasteiger partial charge in [0.1, 0.15) is 0 Å². The van der Waals surface area contributed by atoms with Gasteiger partial charge in [0.2, 0.25) is 6.43 Å². The van der Waals surface area contributed by atoms with E-state index in [4.69, 9.17) is 0 Å². The van der Waals surface area contributed by atoms with Gasteiger partial charge in [-0.25, -0.2) is 8.78 Å². The van der Waals surface area contributed by atoms with E-state index in [-0.39, 0.29) is 5.92 Å². The third-order valence-corrected chi connectivity index (χ3v) is 5.87. The van der Waals surface area contributed by atoms with Crippen LogP contribution in [0.25, 0.3) is 11.1 Å². The first-order valence-electron chi connectivity index (χ1n) is 10.1. The van der Waals surface area contributed by atoms with E-state index in [2.05, 4.69) is 55.5 Å². The first kappa shape index (κ1) is 19.1. The maximum atomic E-state index is 12.8. The lowest BCUT2D eigenvalue weighted by molar-refractivity contribution is 0.0528. The maximum absolute atomic E-state index is 12.8. The molecule has 140 valence electrons. The van der Waals surface area contributed by atoms with E-state index < -0.39 is 6.43 Å². The Morgan fingerprint density at radius 3 is 1.92 bits per heavy atom. The summed E-state index contributed by atoms with van der Waals surface area (Å²) in [5.74, 6) is 0.0568. The molecule has 0 atom stereocenters. The van der Waals surface area contributed by atoms with E-state index in [0.717, 1.165) is 19.3 Å². The fourth-order valence-electron chi connectivity index (χ4n) is 4.10. The van der Waals surface area contributed by atoms with Crippen molar-refractivity contribution in [2.24, 2.45) is 5.92 Å². The van der Waals surface area contributed by atoms with Crippen LogP contribution in [0.5, 0.6) is 0 Å². The molecule has 1 aliphatic carbocycles. The van der Waals surface area contributed by atoms with Gasteiger partial charge in [-0.1, -0.05) is 68.3 Å². The van der Waals surface area contributed by atoms with Crippen molar-refractivity contribution in [3.63, 3.8) is 0 Å². The summed E-state index contributed by atoms with van der Waals surface area (Å²) in [7, 11) is 0. The van der Waals surface area contributed by atoms with Crippen LogP contribution in [0.4, 0.5) is 8.78 Å². The van der Waals surface area contributed by atoms with E-state index >= 15 is 0 Å². The standard InChI is InChI=1S/C24H30F2/c1-2-3-4-5-18-6-8-19(9-7-18)20-10-12-21(13-11-20)22-14-16-23(17-15-22)24(25)26/h6-13,22-24H,2-5,14-17H2,1H3/t22-,23-. The summed E-state index contributed by atoms with van der Waals surface area (Å²) < 4.78 is 25.6. The lowest BCUT2D eigenvalue weighted by atomic mass is 9.78. The van der Waals surface area contributed by atoms with E-state index in [9.17, 15) is 8.78 Å². The number of hydrogen-bond donors (Lipinski definition) is 0. The van der Waals surface area contributed by atoms with E-state index in [1.165, 1.54) is 41.5 Å². The van der Waals surface area contributed by atoms with Crippen LogP contribution >= 0.6 is 0 Å². The minimum Gasteiger partial charge on any atom is -0.210 e. The molecule has 1 aliphatic rings. The molecule has 0 unspecified atom stereocenters. The van der Waals surface area contributed by atoms with Crippen LogP contribution in [-0.4, -0.2) is 6.43 Å². The van der Waals surface area contributed by atoms with Crippen molar-refractivity contribution in [1.29, 1.82) is 0 Å². The predicted octanol–water partition coefficient (Wildman–Crippen LogP) is 7.63. The highest BCUT2D eigenvalue weighted by Crippen LogP contribution is 2.38. The summed E-state index contributed by atoms with van der Waals surface area (Å²) in [4.78, 5) is 0. The summed E-state index contributed by atoms with van der Waals surface area (Å²) in [6, 6.07) is 17.7. The molecular formula is C24H30F2. The molecule has 0 bridgehead atoms. The molecule has 0 heterocycles. The fraction of sp³-hybridized carbons (Fsp3) is 0.500. The highest BCUT2D eigenvalue weighted by molar-refractivity contribution is 5.64. The first-order valence-corrected chi connectivity index (χ1v) is 10.1. The second-order valence-electron chi connectivity index (χ2n) is 7.72. The van der Waals surface area contributed by atoms with Gasteiger partial charge in [0.05, 0.1) is 0 Å². The zero-order valence-electron chi connectivity index (χ0n) is 15.8. The SMILES string of the molecule is CCCCCc1ccc(-c2ccc([C@H]3CC[C@H](C(F)F)CC3)cc2)cc1. The number of hydrogen-bond acceptors (Lipinski definition) is 0. The van der Waals surface area contributed by atoms with E-state index in [0.29, 0.717) is 18.8 Å². The highest BCUT2D eigenvalue weighted by atomic mass is 19.3. The Kier molecular flexibility index (Phi) is 6.82. The Hall–Kier alpha value is -1.70. The van der Waals surface area contributed by atoms with Crippen LogP contribution in [-0.2, 0) is 6.42 Å². The number of rotatable bonds is 7. The topological polar surface area (TPSA) is 0 Å². The second kappa shape index (κ2) is 9.30. The van der Waals surface area contributed by atoms with Crippen LogP contribution in [0.3, 0.4) is 0 Å². The molecule has 3 rings (SSSR count). The smallest absolute Gasteiger partial charge is 0.210 e. The number of alkyl halides is 2. The van der Waals surface area contributed by atoms with Gasteiger partial charge in [0, 0.05) is 5.92 Å². The van der Waals surface area contributed by atoms with Crippen LogP contribution in [0.2, 0.25) is 0 Å². The summed E-state index contributed by atoms with van der Waals surface area (Å²) in [5.41, 5.74) is 5.19. The number of halogens is 2. The molecule has 0 amide bonds. The fourth-order valence-corrected chi connectivity index (χ4v) is 4.10. The van der Waals surface area contributed by atoms with Crippen LogP contribution in [0, 0.1) is 5.92 Å². The monoisotopic (exact) mass is 356 g/mol. The van der Waals surface area contributed by atoms with Crippen molar-refractivity contribution in [3.8, 4) is 11.1 Å². The molecule has 2 aromatic carbocycles. The van der Waals surface area contributed by atoms with Gasteiger partial charge in [-0.05, 0) is 66.7 Å². The molecule has 2 aromatic rings. The van der Waals surface area contributed by atoms with E-state index in [1.807, 2.05) is 0 Å². The minimum absolute atomic E-state index is 0.388. The van der Waals surface area contributed by atoms with E-state index in [1.54, 1.807) is 0 Å². The van der Waals surface area contributed by atoms with Crippen molar-refractivity contribution in [1.82, 2.24) is 0 Å². The lowest BCUT2D eigenvalue weighted by Gasteiger charge is -2.28. The summed E-state index contributed by atoms with van der Waals surface area (Å²) >= 11 is 0. The molecule has 0 aliphatic heterocycles. The average molecular weight is 357 g/mol. The Morgan fingerprint density at radius 1 is 0.808 bits per heavy atom. The summed E-state index contributed by atoms with van der Waals surface area (Å²) in [5, 5.41) is 0. The first-order chi connectivity index (χ1) is 12.7. The van der Waals surface area contributed by atoms with Gasteiger partial charge in [0.15, 0.2) is 0 Å². The molecule has 26 heavy (non-hydrogen) atoms. The zero-order valence-corrected chi connectivity index (χ0v) is 15.8. The molecular weight excluding hydrogens is 326 g/mol. The van der Waals surface area contributed by atoms with Crippen molar-refractivity contribution >= 4 is 0 Å². The van der Waals surface area contributed by atoms with Crippen molar-refractivity contribution < 1.29 is 8.78 Å². The van der Waals surface area contributed by atoms with Gasteiger partial charge in [-0.15, -0.1) is 0 Å². The van der Waals surface area contributed by atoms with Crippen LogP contribution in [0.1, 0.15) is 68.9 Å². The van der Waals surface area contributed by atoms with Crippen molar-refractivity contribution in [2.45, 2.75) is 70.6 Å². The Labute approximate surface area is 156 Å². The molecule has 0 aromatic heterocycles. The third kappa shape index (κ3) is 4.93. The van der Waals surface area contributed by atoms with Gasteiger partial charge in [-0.3, -0.25) is 0 Å². The normalized spacial score (nSPS) is 20.5. The maximum Gasteiger partial charge on any atom is 0.241 e. The quantitative estimate of drug-likeness (QED) is 0.447. The number of aryl methyl sites for hydroxylation is 1. The highest BCUT2D eigenvalue weighted by Gasteiger charge is 2.27. The molecule has 2 heteroatoms. The number of benzene rings is 2. The lowest BCUT2D eigenvalue weighted by Crippen LogP contribution is -2.19. The third-order valence-electron chi connectivity index (χ3n) is 5.87. The Morgan fingerprint density at radius 2 is 1.38 bits per heavy atom. The Bertz CT molecular complexity index is 650. The Balaban J connectivity index is 1.59. The molecule has 0 nitrogen and oxygen atoms in total. The second-order valence-corrected chi connectivity index (χ2v) is 7.72. The molecule has 0 saturated heterocycles. The largest absolute Gasteiger partial charge is 0.241 e. The molecule has 0 spiro atoms. The van der Waals surface area contributed by atoms with Crippen molar-refractivity contribution in [3.05, 3.63) is 59.7 Å². The summed E-state index contributed by atoms with van der Waals surface area (Å²) in [6.07, 6.45) is 5.92. The summed E-state index contributed by atoms with van der Waals surface area (Å²) in [6.45, 7) is 2.23. The van der Waals surface area contributed by atoms with Gasteiger partial charge in [-0.2, -0.15) is 0 Å². The van der Waals surface area contributed by atoms with Crippen LogP contribution in [0.15, 0.2) is 48.5 Å². The predicted molar refractivity (Wildman–Crippen MR) is 106 cm³/mol. The van der Waals surface area contributed by atoms with Crippen LogP contribution < -0.4 is 0 Å². The minimum atomic E-state index is -2.15. The van der Waals surface area contributed by atoms with Crippen molar-refractivity contribution in [2.75, 3.05) is 0 Å². The number of unbranched alkanes of at least 4 members (excludes halogenated alkanes) is 2. The van der Waals surface area contributed by atoms with Gasteiger partial charge in [0.25, 0.3) is 0 Å². The molecule has 1 saturated carbocycles. The zero-order chi connectivity index (χ0) is 18.4. The van der Waals surface area contributed by atoms with Gasteiger partial charge < -0.3 is 0 Å². The molecule has 1 fully saturated rings. The van der Waals surface area contributed by atoms with Gasteiger partial charge >= 0.3 is 0 Å². The molecule has 0 radical (unpaired) electrons. The molecule has 0 N–H and O–H groups in total.